The predicted octanol–water partition coefficient (Wildman–Crippen LogP) is 0.401. The third-order valence-corrected chi connectivity index (χ3v) is 4.14. The number of hydrogen-bond donors (Lipinski definition) is 3. The number of amides is 2. The fourth-order valence-electron chi connectivity index (χ4n) is 2.01. The molecule has 0 bridgehead atoms. The first-order chi connectivity index (χ1) is 7.34. The lowest BCUT2D eigenvalue weighted by atomic mass is 10.1. The maximum atomic E-state index is 11.5. The average Bonchev–Trinajstić information content (AvgIpc) is 2.86. The summed E-state index contributed by atoms with van der Waals surface area (Å²) in [6.07, 6.45) is 2.29. The van der Waals surface area contributed by atoms with Crippen molar-refractivity contribution >= 4 is 17.8 Å². The largest absolute Gasteiger partial charge is 0.338 e. The van der Waals surface area contributed by atoms with Crippen LogP contribution < -0.4 is 16.0 Å². The van der Waals surface area contributed by atoms with Crippen molar-refractivity contribution < 1.29 is 4.79 Å². The number of carbonyl (C=O) groups is 1. The summed E-state index contributed by atoms with van der Waals surface area (Å²) >= 11 is 1.92. The van der Waals surface area contributed by atoms with Gasteiger partial charge in [0, 0.05) is 18.3 Å². The van der Waals surface area contributed by atoms with E-state index in [2.05, 4.69) is 16.0 Å². The Morgan fingerprint density at radius 2 is 2.40 bits per heavy atom. The van der Waals surface area contributed by atoms with Crippen LogP contribution in [0.5, 0.6) is 0 Å². The van der Waals surface area contributed by atoms with Gasteiger partial charge in [-0.1, -0.05) is 0 Å². The fourth-order valence-corrected chi connectivity index (χ4v) is 3.16. The van der Waals surface area contributed by atoms with Crippen LogP contribution in [0.4, 0.5) is 4.79 Å². The van der Waals surface area contributed by atoms with E-state index in [0.717, 1.165) is 31.8 Å². The van der Waals surface area contributed by atoms with E-state index in [1.54, 1.807) is 0 Å². The van der Waals surface area contributed by atoms with Crippen molar-refractivity contribution in [1.82, 2.24) is 16.0 Å². The highest BCUT2D eigenvalue weighted by molar-refractivity contribution is 7.99. The van der Waals surface area contributed by atoms with E-state index in [9.17, 15) is 4.79 Å². The summed E-state index contributed by atoms with van der Waals surface area (Å²) in [6.45, 7) is 2.94. The molecule has 4 nitrogen and oxygen atoms in total. The van der Waals surface area contributed by atoms with E-state index in [-0.39, 0.29) is 6.03 Å². The Hall–Kier alpha value is -0.420. The molecular weight excluding hydrogens is 210 g/mol. The highest BCUT2D eigenvalue weighted by Gasteiger charge is 2.19. The molecule has 2 heterocycles. The van der Waals surface area contributed by atoms with Crippen molar-refractivity contribution in [2.75, 3.05) is 31.1 Å². The molecule has 0 aromatic rings. The van der Waals surface area contributed by atoms with Gasteiger partial charge in [-0.2, -0.15) is 11.8 Å². The Balaban J connectivity index is 1.59. The van der Waals surface area contributed by atoms with Gasteiger partial charge in [0.25, 0.3) is 0 Å². The summed E-state index contributed by atoms with van der Waals surface area (Å²) in [4.78, 5) is 11.5. The van der Waals surface area contributed by atoms with Gasteiger partial charge in [0.2, 0.25) is 0 Å². The van der Waals surface area contributed by atoms with E-state index in [0.29, 0.717) is 12.0 Å². The van der Waals surface area contributed by atoms with Crippen LogP contribution in [-0.4, -0.2) is 43.2 Å². The summed E-state index contributed by atoms with van der Waals surface area (Å²) in [7, 11) is 0. The molecule has 2 fully saturated rings. The second kappa shape index (κ2) is 5.61. The van der Waals surface area contributed by atoms with Gasteiger partial charge in [0.05, 0.1) is 0 Å². The normalized spacial score (nSPS) is 30.4. The third kappa shape index (κ3) is 3.57. The van der Waals surface area contributed by atoms with Crippen LogP contribution in [0, 0.1) is 5.92 Å². The highest BCUT2D eigenvalue weighted by atomic mass is 32.2. The molecule has 86 valence electrons. The van der Waals surface area contributed by atoms with Crippen LogP contribution in [-0.2, 0) is 0 Å². The minimum Gasteiger partial charge on any atom is -0.338 e. The number of carbonyl (C=O) groups excluding carboxylic acids is 1. The molecule has 3 N–H and O–H groups in total. The number of thioether (sulfide) groups is 1. The topological polar surface area (TPSA) is 53.2 Å². The number of nitrogens with one attached hydrogen (secondary N) is 3. The maximum absolute atomic E-state index is 11.5. The van der Waals surface area contributed by atoms with Crippen molar-refractivity contribution in [3.63, 3.8) is 0 Å². The van der Waals surface area contributed by atoms with E-state index >= 15 is 0 Å². The molecule has 2 aliphatic heterocycles. The van der Waals surface area contributed by atoms with Crippen LogP contribution in [0.3, 0.4) is 0 Å². The SMILES string of the molecule is O=C(NCC1CCNC1)NC1CCSC1. The molecule has 0 spiro atoms. The first kappa shape index (κ1) is 11.1. The highest BCUT2D eigenvalue weighted by Crippen LogP contribution is 2.16. The van der Waals surface area contributed by atoms with Crippen molar-refractivity contribution in [2.45, 2.75) is 18.9 Å². The Bertz CT molecular complexity index is 213. The second-order valence-electron chi connectivity index (χ2n) is 4.27. The van der Waals surface area contributed by atoms with Gasteiger partial charge in [-0.25, -0.2) is 4.79 Å². The van der Waals surface area contributed by atoms with Crippen LogP contribution in [0.1, 0.15) is 12.8 Å². The summed E-state index contributed by atoms with van der Waals surface area (Å²) in [6, 6.07) is 0.395. The second-order valence-corrected chi connectivity index (χ2v) is 5.42. The lowest BCUT2D eigenvalue weighted by Crippen LogP contribution is -2.43. The third-order valence-electron chi connectivity index (χ3n) is 2.98. The van der Waals surface area contributed by atoms with Crippen molar-refractivity contribution in [2.24, 2.45) is 5.92 Å². The number of urea groups is 1. The molecule has 2 aliphatic rings. The predicted molar refractivity (Wildman–Crippen MR) is 63.2 cm³/mol. The lowest BCUT2D eigenvalue weighted by Gasteiger charge is -2.14. The maximum Gasteiger partial charge on any atom is 0.315 e. The van der Waals surface area contributed by atoms with Gasteiger partial charge < -0.3 is 16.0 Å². The molecule has 2 unspecified atom stereocenters. The zero-order valence-electron chi connectivity index (χ0n) is 8.92. The number of hydrogen-bond acceptors (Lipinski definition) is 3. The van der Waals surface area contributed by atoms with Gasteiger partial charge in [-0.3, -0.25) is 0 Å². The molecule has 0 aliphatic carbocycles. The van der Waals surface area contributed by atoms with E-state index in [1.165, 1.54) is 12.2 Å². The van der Waals surface area contributed by atoms with Crippen molar-refractivity contribution in [1.29, 1.82) is 0 Å². The zero-order chi connectivity index (χ0) is 10.5. The molecule has 0 aromatic carbocycles. The van der Waals surface area contributed by atoms with E-state index in [4.69, 9.17) is 0 Å². The molecule has 0 aromatic heterocycles. The summed E-state index contributed by atoms with van der Waals surface area (Å²) < 4.78 is 0. The summed E-state index contributed by atoms with van der Waals surface area (Å²) in [5, 5.41) is 9.26. The van der Waals surface area contributed by atoms with Crippen LogP contribution >= 0.6 is 11.8 Å². The van der Waals surface area contributed by atoms with Crippen LogP contribution in [0.2, 0.25) is 0 Å². The van der Waals surface area contributed by atoms with Gasteiger partial charge in [-0.15, -0.1) is 0 Å². The standard InChI is InChI=1S/C10H19N3OS/c14-10(13-9-2-4-15-7-9)12-6-8-1-3-11-5-8/h8-9,11H,1-7H2,(H2,12,13,14). The summed E-state index contributed by atoms with van der Waals surface area (Å²) in [5.41, 5.74) is 0. The first-order valence-electron chi connectivity index (χ1n) is 5.67. The fraction of sp³-hybridized carbons (Fsp3) is 0.900. The Morgan fingerprint density at radius 3 is 3.07 bits per heavy atom. The average molecular weight is 229 g/mol. The molecule has 2 atom stereocenters. The Labute approximate surface area is 94.9 Å². The molecule has 0 radical (unpaired) electrons. The van der Waals surface area contributed by atoms with Gasteiger partial charge >= 0.3 is 6.03 Å². The van der Waals surface area contributed by atoms with Gasteiger partial charge in [0.1, 0.15) is 0 Å². The van der Waals surface area contributed by atoms with Crippen LogP contribution in [0.15, 0.2) is 0 Å². The molecule has 2 amide bonds. The van der Waals surface area contributed by atoms with Gasteiger partial charge in [-0.05, 0) is 37.6 Å². The molecule has 2 saturated heterocycles. The minimum atomic E-state index is 0.00870. The zero-order valence-corrected chi connectivity index (χ0v) is 9.74. The minimum absolute atomic E-state index is 0.00870. The van der Waals surface area contributed by atoms with E-state index in [1.807, 2.05) is 11.8 Å². The number of rotatable bonds is 3. The van der Waals surface area contributed by atoms with Crippen LogP contribution in [0.25, 0.3) is 0 Å². The summed E-state index contributed by atoms with van der Waals surface area (Å²) in [5.74, 6) is 2.87. The lowest BCUT2D eigenvalue weighted by molar-refractivity contribution is 0.236. The first-order valence-corrected chi connectivity index (χ1v) is 6.83. The molecule has 0 saturated carbocycles. The monoisotopic (exact) mass is 229 g/mol. The molecule has 2 rings (SSSR count). The molecule has 15 heavy (non-hydrogen) atoms. The van der Waals surface area contributed by atoms with Crippen molar-refractivity contribution in [3.05, 3.63) is 0 Å². The van der Waals surface area contributed by atoms with E-state index < -0.39 is 0 Å². The van der Waals surface area contributed by atoms with Crippen molar-refractivity contribution in [3.8, 4) is 0 Å². The Kier molecular flexibility index (Phi) is 4.14. The molecular formula is C10H19N3OS. The smallest absolute Gasteiger partial charge is 0.315 e. The van der Waals surface area contributed by atoms with Gasteiger partial charge in [0.15, 0.2) is 0 Å². The Morgan fingerprint density at radius 1 is 1.47 bits per heavy atom. The quantitative estimate of drug-likeness (QED) is 0.656. The molecule has 5 heteroatoms.